The van der Waals surface area contributed by atoms with E-state index < -0.39 is 0 Å². The van der Waals surface area contributed by atoms with Gasteiger partial charge in [0.15, 0.2) is 0 Å². The van der Waals surface area contributed by atoms with Crippen LogP contribution in [0.15, 0.2) is 40.6 Å². The van der Waals surface area contributed by atoms with Crippen LogP contribution < -0.4 is 14.8 Å². The molecule has 1 N–H and O–H groups in total. The van der Waals surface area contributed by atoms with Gasteiger partial charge in [0.05, 0.1) is 26.8 Å². The van der Waals surface area contributed by atoms with Gasteiger partial charge < -0.3 is 9.80 Å². The van der Waals surface area contributed by atoms with Crippen LogP contribution in [-0.4, -0.2) is 32.6 Å². The topological polar surface area (TPSA) is 22.4 Å². The largest absolute Gasteiger partial charge is 0.359 e. The molecule has 0 aliphatic heterocycles. The summed E-state index contributed by atoms with van der Waals surface area (Å²) < 4.78 is 16.6. The van der Waals surface area contributed by atoms with E-state index in [1.165, 1.54) is 0 Å². The van der Waals surface area contributed by atoms with Gasteiger partial charge in [-0.05, 0) is 38.5 Å². The quantitative estimate of drug-likeness (QED) is 0.631. The zero-order valence-electron chi connectivity index (χ0n) is 15.0. The Balaban J connectivity index is 3.10. The first-order valence-electron chi connectivity index (χ1n) is 7.50. The van der Waals surface area contributed by atoms with Gasteiger partial charge in [0, 0.05) is 19.8 Å². The summed E-state index contributed by atoms with van der Waals surface area (Å²) in [7, 11) is 7.43. The molecule has 0 aromatic carbocycles. The van der Waals surface area contributed by atoms with Gasteiger partial charge >= 0.3 is 0 Å². The predicted octanol–water partition coefficient (Wildman–Crippen LogP) is 3.61. The van der Waals surface area contributed by atoms with E-state index >= 15 is 0 Å². The lowest BCUT2D eigenvalue weighted by Crippen LogP contribution is -2.34. The Labute approximate surface area is 143 Å². The maximum absolute atomic E-state index is 14.6. The average molecular weight is 342 g/mol. The number of aryl methyl sites for hydroxylation is 1. The van der Waals surface area contributed by atoms with Crippen molar-refractivity contribution in [2.45, 2.75) is 20.8 Å². The minimum atomic E-state index is -0.219. The number of halogens is 2. The maximum Gasteiger partial charge on any atom is 0.298 e. The molecule has 1 aromatic heterocycles. The molecule has 0 saturated heterocycles. The highest BCUT2D eigenvalue weighted by atomic mass is 35.5. The number of pyridine rings is 1. The van der Waals surface area contributed by atoms with E-state index in [1.54, 1.807) is 18.9 Å². The standard InChI is InChI=1S/C17H26ClFN4/c1-12(2)16(18)22(6)11-14(19)13(3)23(7)15-9-8-10-21(5)17(15)20-4/h8-10H,11H2,1-7H3/p+1. The van der Waals surface area contributed by atoms with Crippen LogP contribution in [0.2, 0.25) is 0 Å². The van der Waals surface area contributed by atoms with Crippen molar-refractivity contribution in [2.24, 2.45) is 7.05 Å². The van der Waals surface area contributed by atoms with Gasteiger partial charge in [-0.15, -0.1) is 0 Å². The second-order valence-corrected chi connectivity index (χ2v) is 6.16. The Morgan fingerprint density at radius 1 is 1.30 bits per heavy atom. The predicted molar refractivity (Wildman–Crippen MR) is 96.2 cm³/mol. The highest BCUT2D eigenvalue weighted by molar-refractivity contribution is 6.29. The van der Waals surface area contributed by atoms with Crippen LogP contribution in [0.1, 0.15) is 20.8 Å². The van der Waals surface area contributed by atoms with E-state index in [0.717, 1.165) is 17.1 Å². The molecule has 0 radical (unpaired) electrons. The van der Waals surface area contributed by atoms with Crippen molar-refractivity contribution in [3.63, 3.8) is 0 Å². The normalized spacial score (nSPS) is 11.7. The molecule has 23 heavy (non-hydrogen) atoms. The third kappa shape index (κ3) is 4.61. The molecule has 0 atom stereocenters. The van der Waals surface area contributed by atoms with Gasteiger partial charge in [-0.2, -0.15) is 0 Å². The van der Waals surface area contributed by atoms with E-state index in [-0.39, 0.29) is 12.4 Å². The fourth-order valence-electron chi connectivity index (χ4n) is 2.31. The van der Waals surface area contributed by atoms with E-state index in [2.05, 4.69) is 5.32 Å². The summed E-state index contributed by atoms with van der Waals surface area (Å²) in [6, 6.07) is 3.89. The minimum Gasteiger partial charge on any atom is -0.359 e. The van der Waals surface area contributed by atoms with Crippen LogP contribution in [0, 0.1) is 0 Å². The van der Waals surface area contributed by atoms with Crippen LogP contribution in [0.3, 0.4) is 0 Å². The fraction of sp³-hybridized carbons (Fsp3) is 0.471. The van der Waals surface area contributed by atoms with Crippen molar-refractivity contribution in [2.75, 3.05) is 37.9 Å². The Hall–Kier alpha value is -1.75. The number of hydrogen-bond donors (Lipinski definition) is 1. The molecule has 6 heteroatoms. The molecule has 0 aliphatic rings. The second-order valence-electron chi connectivity index (χ2n) is 5.80. The van der Waals surface area contributed by atoms with E-state index in [1.807, 2.05) is 62.8 Å². The summed E-state index contributed by atoms with van der Waals surface area (Å²) in [5, 5.41) is 3.72. The first kappa shape index (κ1) is 19.3. The lowest BCUT2D eigenvalue weighted by atomic mass is 10.2. The molecule has 1 rings (SSSR count). The fourth-order valence-corrected chi connectivity index (χ4v) is 2.37. The summed E-state index contributed by atoms with van der Waals surface area (Å²) >= 11 is 6.17. The highest BCUT2D eigenvalue weighted by Gasteiger charge is 2.18. The molecule has 128 valence electrons. The van der Waals surface area contributed by atoms with E-state index in [0.29, 0.717) is 10.9 Å². The zero-order chi connectivity index (χ0) is 17.7. The number of allylic oxidation sites excluding steroid dienone is 2. The van der Waals surface area contributed by atoms with Crippen molar-refractivity contribution in [3.8, 4) is 0 Å². The first-order valence-corrected chi connectivity index (χ1v) is 7.88. The third-order valence-corrected chi connectivity index (χ3v) is 4.44. The summed E-state index contributed by atoms with van der Waals surface area (Å²) in [5.74, 6) is 0.695. The SMILES string of the molecule is CNc1c(N(C)C(C)=C(F)CN(C)C(Cl)=C(C)C)ccc[n+]1C. The number of hydrogen-bond acceptors (Lipinski definition) is 3. The number of nitrogens with one attached hydrogen (secondary N) is 1. The van der Waals surface area contributed by atoms with Crippen LogP contribution in [0.4, 0.5) is 15.9 Å². The number of anilines is 2. The van der Waals surface area contributed by atoms with Crippen molar-refractivity contribution >= 4 is 23.1 Å². The zero-order valence-corrected chi connectivity index (χ0v) is 15.8. The van der Waals surface area contributed by atoms with Crippen LogP contribution >= 0.6 is 11.6 Å². The number of nitrogens with zero attached hydrogens (tertiary/aromatic N) is 3. The van der Waals surface area contributed by atoms with E-state index in [4.69, 9.17) is 11.6 Å². The van der Waals surface area contributed by atoms with Gasteiger partial charge in [-0.25, -0.2) is 8.96 Å². The molecule has 0 amide bonds. The average Bonchev–Trinajstić information content (AvgIpc) is 2.51. The van der Waals surface area contributed by atoms with Crippen molar-refractivity contribution in [1.82, 2.24) is 4.90 Å². The lowest BCUT2D eigenvalue weighted by Gasteiger charge is -2.24. The Kier molecular flexibility index (Phi) is 6.88. The number of rotatable bonds is 6. The van der Waals surface area contributed by atoms with Gasteiger partial charge in [-0.3, -0.25) is 5.32 Å². The minimum absolute atomic E-state index is 0.133. The Bertz CT molecular complexity index is 621. The van der Waals surface area contributed by atoms with Gasteiger partial charge in [-0.1, -0.05) is 11.6 Å². The monoisotopic (exact) mass is 341 g/mol. The molecule has 0 saturated carbocycles. The molecular weight excluding hydrogens is 315 g/mol. The molecule has 1 aromatic rings. The second kappa shape index (κ2) is 8.20. The van der Waals surface area contributed by atoms with Gasteiger partial charge in [0.25, 0.3) is 5.82 Å². The molecular formula is C17H27ClFN4+. The maximum atomic E-state index is 14.6. The van der Waals surface area contributed by atoms with Crippen LogP contribution in [0.25, 0.3) is 0 Å². The highest BCUT2D eigenvalue weighted by Crippen LogP contribution is 2.26. The lowest BCUT2D eigenvalue weighted by molar-refractivity contribution is -0.656. The number of aromatic nitrogens is 1. The molecule has 0 spiro atoms. The van der Waals surface area contributed by atoms with Crippen molar-refractivity contribution in [1.29, 1.82) is 0 Å². The molecule has 4 nitrogen and oxygen atoms in total. The smallest absolute Gasteiger partial charge is 0.298 e. The Morgan fingerprint density at radius 3 is 2.43 bits per heavy atom. The summed E-state index contributed by atoms with van der Waals surface area (Å²) in [6.07, 6.45) is 1.95. The van der Waals surface area contributed by atoms with Crippen LogP contribution in [-0.2, 0) is 7.05 Å². The number of likely N-dealkylation sites (N-methyl/N-ethyl adjacent to an activating group) is 1. The van der Waals surface area contributed by atoms with Gasteiger partial charge in [0.2, 0.25) is 0 Å². The summed E-state index contributed by atoms with van der Waals surface area (Å²) in [5.41, 5.74) is 2.42. The van der Waals surface area contributed by atoms with Crippen LogP contribution in [0.5, 0.6) is 0 Å². The van der Waals surface area contributed by atoms with Crippen molar-refractivity contribution in [3.05, 3.63) is 40.6 Å². The van der Waals surface area contributed by atoms with Gasteiger partial charge in [0.1, 0.15) is 16.7 Å². The molecule has 0 unspecified atom stereocenters. The van der Waals surface area contributed by atoms with E-state index in [9.17, 15) is 4.39 Å². The van der Waals surface area contributed by atoms with Crippen molar-refractivity contribution < 1.29 is 8.96 Å². The summed E-state index contributed by atoms with van der Waals surface area (Å²) in [4.78, 5) is 3.54. The Morgan fingerprint density at radius 2 is 1.91 bits per heavy atom. The summed E-state index contributed by atoms with van der Waals surface area (Å²) in [6.45, 7) is 5.71. The molecule has 0 bridgehead atoms. The first-order chi connectivity index (χ1) is 10.7. The third-order valence-electron chi connectivity index (χ3n) is 3.78. The molecule has 1 heterocycles. The molecule has 0 aliphatic carbocycles. The molecule has 0 fully saturated rings.